The Bertz CT molecular complexity index is 725. The minimum atomic E-state index is 0.409. The average Bonchev–Trinajstić information content (AvgIpc) is 2.66. The molecule has 0 aliphatic carbocycles. The van der Waals surface area contributed by atoms with E-state index in [0.29, 0.717) is 24.0 Å². The van der Waals surface area contributed by atoms with E-state index in [0.717, 1.165) is 44.0 Å². The normalized spacial score (nSPS) is 17.1. The average molecular weight is 337 g/mol. The fourth-order valence-corrected chi connectivity index (χ4v) is 3.02. The van der Waals surface area contributed by atoms with Gasteiger partial charge in [-0.05, 0) is 44.0 Å². The molecule has 1 aromatic heterocycles. The number of nitrogens with zero attached hydrogens (tertiary/aromatic N) is 4. The van der Waals surface area contributed by atoms with Gasteiger partial charge in [0.1, 0.15) is 18.4 Å². The van der Waals surface area contributed by atoms with Gasteiger partial charge in [0.2, 0.25) is 0 Å². The standard InChI is InChI=1S/C19H23N5O/c1-15-8-9-19(23-22-15)24-11-4-6-17(14-24)21-10-12-25-18-7-3-2-5-16(18)13-20/h2-3,5,7-9,17,21H,4,6,10-12,14H2,1H3/t17-/m0/s1. The molecule has 6 nitrogen and oxygen atoms in total. The molecule has 6 heteroatoms. The number of nitriles is 1. The van der Waals surface area contributed by atoms with Crippen molar-refractivity contribution in [2.45, 2.75) is 25.8 Å². The largest absolute Gasteiger partial charge is 0.491 e. The summed E-state index contributed by atoms with van der Waals surface area (Å²) in [6, 6.07) is 13.9. The molecule has 130 valence electrons. The van der Waals surface area contributed by atoms with Crippen molar-refractivity contribution >= 4 is 5.82 Å². The first-order valence-corrected chi connectivity index (χ1v) is 8.67. The maximum Gasteiger partial charge on any atom is 0.151 e. The molecular weight excluding hydrogens is 314 g/mol. The Balaban J connectivity index is 1.45. The van der Waals surface area contributed by atoms with Crippen molar-refractivity contribution in [1.29, 1.82) is 5.26 Å². The van der Waals surface area contributed by atoms with Crippen molar-refractivity contribution in [2.24, 2.45) is 0 Å². The number of aromatic nitrogens is 2. The number of hydrogen-bond acceptors (Lipinski definition) is 6. The Morgan fingerprint density at radius 1 is 1.28 bits per heavy atom. The first-order chi connectivity index (χ1) is 12.3. The van der Waals surface area contributed by atoms with Gasteiger partial charge in [-0.25, -0.2) is 0 Å². The van der Waals surface area contributed by atoms with Crippen molar-refractivity contribution in [3.8, 4) is 11.8 Å². The van der Waals surface area contributed by atoms with E-state index >= 15 is 0 Å². The molecule has 0 radical (unpaired) electrons. The van der Waals surface area contributed by atoms with Crippen LogP contribution in [-0.4, -0.2) is 42.5 Å². The smallest absolute Gasteiger partial charge is 0.151 e. The third-order valence-electron chi connectivity index (χ3n) is 4.33. The topological polar surface area (TPSA) is 74.1 Å². The predicted molar refractivity (Wildman–Crippen MR) is 96.7 cm³/mol. The molecule has 2 heterocycles. The third kappa shape index (κ3) is 4.68. The Kier molecular flexibility index (Phi) is 5.81. The van der Waals surface area contributed by atoms with Crippen LogP contribution in [0.2, 0.25) is 0 Å². The zero-order valence-corrected chi connectivity index (χ0v) is 14.5. The second-order valence-corrected chi connectivity index (χ2v) is 6.23. The predicted octanol–water partition coefficient (Wildman–Crippen LogP) is 2.29. The summed E-state index contributed by atoms with van der Waals surface area (Å²) in [5, 5.41) is 21.0. The molecule has 1 saturated heterocycles. The Morgan fingerprint density at radius 2 is 2.16 bits per heavy atom. The summed E-state index contributed by atoms with van der Waals surface area (Å²) in [5.41, 5.74) is 1.51. The number of nitrogens with one attached hydrogen (secondary N) is 1. The second-order valence-electron chi connectivity index (χ2n) is 6.23. The summed E-state index contributed by atoms with van der Waals surface area (Å²) >= 11 is 0. The quantitative estimate of drug-likeness (QED) is 0.815. The van der Waals surface area contributed by atoms with Crippen LogP contribution in [0.15, 0.2) is 36.4 Å². The van der Waals surface area contributed by atoms with Crippen LogP contribution in [0, 0.1) is 18.3 Å². The molecule has 1 fully saturated rings. The summed E-state index contributed by atoms with van der Waals surface area (Å²) in [4.78, 5) is 2.28. The van der Waals surface area contributed by atoms with E-state index in [2.05, 4.69) is 26.5 Å². The number of para-hydroxylation sites is 1. The van der Waals surface area contributed by atoms with E-state index in [1.165, 1.54) is 0 Å². The molecule has 0 unspecified atom stereocenters. The molecule has 1 aliphatic heterocycles. The van der Waals surface area contributed by atoms with Gasteiger partial charge in [-0.1, -0.05) is 12.1 Å². The van der Waals surface area contributed by atoms with E-state index in [-0.39, 0.29) is 0 Å². The van der Waals surface area contributed by atoms with Gasteiger partial charge >= 0.3 is 0 Å². The first-order valence-electron chi connectivity index (χ1n) is 8.67. The molecule has 2 aromatic rings. The Labute approximate surface area is 148 Å². The van der Waals surface area contributed by atoms with Crippen molar-refractivity contribution in [2.75, 3.05) is 31.1 Å². The molecule has 0 amide bonds. The Hall–Kier alpha value is -2.65. The molecule has 25 heavy (non-hydrogen) atoms. The number of hydrogen-bond donors (Lipinski definition) is 1. The highest BCUT2D eigenvalue weighted by Gasteiger charge is 2.20. The highest BCUT2D eigenvalue weighted by Crippen LogP contribution is 2.18. The summed E-state index contributed by atoms with van der Waals surface area (Å²) in [6.45, 7) is 5.17. The lowest BCUT2D eigenvalue weighted by molar-refractivity contribution is 0.297. The zero-order chi connectivity index (χ0) is 17.5. The first kappa shape index (κ1) is 17.2. The maximum absolute atomic E-state index is 9.07. The minimum absolute atomic E-state index is 0.409. The van der Waals surface area contributed by atoms with E-state index in [9.17, 15) is 0 Å². The highest BCUT2D eigenvalue weighted by atomic mass is 16.5. The molecular formula is C19H23N5O. The van der Waals surface area contributed by atoms with Gasteiger partial charge in [0, 0.05) is 25.7 Å². The summed E-state index contributed by atoms with van der Waals surface area (Å²) in [7, 11) is 0. The summed E-state index contributed by atoms with van der Waals surface area (Å²) in [6.07, 6.45) is 2.27. The molecule has 0 spiro atoms. The van der Waals surface area contributed by atoms with Crippen molar-refractivity contribution in [3.63, 3.8) is 0 Å². The maximum atomic E-state index is 9.07. The van der Waals surface area contributed by atoms with Gasteiger partial charge in [0.15, 0.2) is 5.82 Å². The lowest BCUT2D eigenvalue weighted by Crippen LogP contribution is -2.47. The lowest BCUT2D eigenvalue weighted by Gasteiger charge is -2.33. The van der Waals surface area contributed by atoms with Crippen molar-refractivity contribution in [3.05, 3.63) is 47.7 Å². The van der Waals surface area contributed by atoms with Crippen LogP contribution in [0.5, 0.6) is 5.75 Å². The summed E-state index contributed by atoms with van der Waals surface area (Å²) < 4.78 is 5.72. The fourth-order valence-electron chi connectivity index (χ4n) is 3.02. The molecule has 3 rings (SSSR count). The molecule has 0 bridgehead atoms. The molecule has 1 atom stereocenters. The molecule has 1 N–H and O–H groups in total. The summed E-state index contributed by atoms with van der Waals surface area (Å²) in [5.74, 6) is 1.59. The molecule has 0 saturated carbocycles. The van der Waals surface area contributed by atoms with Crippen LogP contribution in [0.4, 0.5) is 5.82 Å². The number of anilines is 1. The zero-order valence-electron chi connectivity index (χ0n) is 14.5. The second kappa shape index (κ2) is 8.45. The van der Waals surface area contributed by atoms with Gasteiger partial charge in [-0.3, -0.25) is 0 Å². The van der Waals surface area contributed by atoms with Crippen LogP contribution in [0.3, 0.4) is 0 Å². The van der Waals surface area contributed by atoms with Gasteiger partial charge in [0.25, 0.3) is 0 Å². The number of ether oxygens (including phenoxy) is 1. The fraction of sp³-hybridized carbons (Fsp3) is 0.421. The minimum Gasteiger partial charge on any atom is -0.491 e. The van der Waals surface area contributed by atoms with Gasteiger partial charge in [0.05, 0.1) is 11.3 Å². The van der Waals surface area contributed by atoms with E-state index in [1.54, 1.807) is 6.07 Å². The number of piperidine rings is 1. The number of benzene rings is 1. The van der Waals surface area contributed by atoms with Crippen LogP contribution in [0.1, 0.15) is 24.1 Å². The molecule has 1 aromatic carbocycles. The number of aryl methyl sites for hydroxylation is 1. The van der Waals surface area contributed by atoms with Crippen molar-refractivity contribution < 1.29 is 4.74 Å². The van der Waals surface area contributed by atoms with Crippen molar-refractivity contribution in [1.82, 2.24) is 15.5 Å². The van der Waals surface area contributed by atoms with E-state index < -0.39 is 0 Å². The third-order valence-corrected chi connectivity index (χ3v) is 4.33. The van der Waals surface area contributed by atoms with Crippen LogP contribution >= 0.6 is 0 Å². The van der Waals surface area contributed by atoms with Gasteiger partial charge in [-0.15, -0.1) is 5.10 Å². The lowest BCUT2D eigenvalue weighted by atomic mass is 10.1. The Morgan fingerprint density at radius 3 is 2.96 bits per heavy atom. The van der Waals surface area contributed by atoms with Gasteiger partial charge < -0.3 is 15.0 Å². The SMILES string of the molecule is Cc1ccc(N2CCC[C@H](NCCOc3ccccc3C#N)C2)nn1. The van der Waals surface area contributed by atoms with E-state index in [1.807, 2.05) is 37.3 Å². The highest BCUT2D eigenvalue weighted by molar-refractivity contribution is 5.42. The van der Waals surface area contributed by atoms with Crippen LogP contribution in [0.25, 0.3) is 0 Å². The monoisotopic (exact) mass is 337 g/mol. The van der Waals surface area contributed by atoms with Crippen LogP contribution < -0.4 is 15.0 Å². The number of rotatable bonds is 6. The van der Waals surface area contributed by atoms with Gasteiger partial charge in [-0.2, -0.15) is 10.4 Å². The van der Waals surface area contributed by atoms with E-state index in [4.69, 9.17) is 10.00 Å². The van der Waals surface area contributed by atoms with Crippen LogP contribution in [-0.2, 0) is 0 Å². The molecule has 1 aliphatic rings.